The van der Waals surface area contributed by atoms with Crippen molar-refractivity contribution < 1.29 is 9.53 Å². The lowest BCUT2D eigenvalue weighted by atomic mass is 9.98. The van der Waals surface area contributed by atoms with Crippen molar-refractivity contribution in [3.63, 3.8) is 0 Å². The van der Waals surface area contributed by atoms with Crippen molar-refractivity contribution in [2.24, 2.45) is 4.99 Å². The van der Waals surface area contributed by atoms with Crippen LogP contribution in [-0.2, 0) is 16.0 Å². The number of carbonyl (C=O) groups is 1. The van der Waals surface area contributed by atoms with Crippen LogP contribution in [0.2, 0.25) is 0 Å². The van der Waals surface area contributed by atoms with Crippen LogP contribution in [0.3, 0.4) is 0 Å². The summed E-state index contributed by atoms with van der Waals surface area (Å²) in [6.45, 7) is 4.14. The summed E-state index contributed by atoms with van der Waals surface area (Å²) in [5.74, 6) is -0.238. The Hall–Kier alpha value is -2.10. The monoisotopic (exact) mass is 256 g/mol. The Morgan fingerprint density at radius 3 is 3.05 bits per heavy atom. The van der Waals surface area contributed by atoms with Crippen LogP contribution in [0.25, 0.3) is 10.9 Å². The first-order valence-corrected chi connectivity index (χ1v) is 6.51. The number of ether oxygens (including phenoxy) is 1. The zero-order chi connectivity index (χ0) is 13.4. The van der Waals surface area contributed by atoms with Crippen molar-refractivity contribution in [2.45, 2.75) is 26.3 Å². The number of fused-ring (bicyclic) bond motifs is 3. The van der Waals surface area contributed by atoms with E-state index in [1.807, 2.05) is 32.0 Å². The Balaban J connectivity index is 2.05. The fourth-order valence-corrected chi connectivity index (χ4v) is 2.63. The van der Waals surface area contributed by atoms with Crippen LogP contribution < -0.4 is 0 Å². The van der Waals surface area contributed by atoms with E-state index in [9.17, 15) is 4.79 Å². The second kappa shape index (κ2) is 4.53. The highest BCUT2D eigenvalue weighted by atomic mass is 16.5. The van der Waals surface area contributed by atoms with E-state index in [0.717, 1.165) is 16.9 Å². The van der Waals surface area contributed by atoms with Crippen molar-refractivity contribution in [2.75, 3.05) is 6.61 Å². The molecule has 19 heavy (non-hydrogen) atoms. The van der Waals surface area contributed by atoms with E-state index in [1.54, 1.807) is 0 Å². The average molecular weight is 256 g/mol. The van der Waals surface area contributed by atoms with Gasteiger partial charge in [-0.15, -0.1) is 0 Å². The van der Waals surface area contributed by atoms with Crippen LogP contribution in [0.5, 0.6) is 0 Å². The van der Waals surface area contributed by atoms with E-state index in [4.69, 9.17) is 4.74 Å². The van der Waals surface area contributed by atoms with Gasteiger partial charge in [-0.2, -0.15) is 0 Å². The van der Waals surface area contributed by atoms with Crippen LogP contribution in [0, 0.1) is 0 Å². The lowest BCUT2D eigenvalue weighted by Crippen LogP contribution is -2.28. The second-order valence-corrected chi connectivity index (χ2v) is 4.71. The van der Waals surface area contributed by atoms with Gasteiger partial charge in [-0.3, -0.25) is 4.99 Å². The highest BCUT2D eigenvalue weighted by Crippen LogP contribution is 2.28. The van der Waals surface area contributed by atoms with Crippen molar-refractivity contribution in [3.05, 3.63) is 35.5 Å². The van der Waals surface area contributed by atoms with Crippen molar-refractivity contribution in [3.8, 4) is 0 Å². The van der Waals surface area contributed by atoms with Gasteiger partial charge in [-0.25, -0.2) is 4.79 Å². The smallest absolute Gasteiger partial charge is 0.331 e. The van der Waals surface area contributed by atoms with Gasteiger partial charge in [0.1, 0.15) is 0 Å². The molecule has 1 aromatic carbocycles. The van der Waals surface area contributed by atoms with Gasteiger partial charge in [0.15, 0.2) is 6.04 Å². The highest BCUT2D eigenvalue weighted by molar-refractivity contribution is 6.06. The van der Waals surface area contributed by atoms with Crippen LogP contribution >= 0.6 is 0 Å². The molecule has 0 aliphatic carbocycles. The van der Waals surface area contributed by atoms with Crippen LogP contribution in [0.1, 0.15) is 25.1 Å². The van der Waals surface area contributed by atoms with Crippen LogP contribution in [0.15, 0.2) is 29.3 Å². The molecular weight excluding hydrogens is 240 g/mol. The normalized spacial score (nSPS) is 18.0. The molecular formula is C15H16N2O2. The SMILES string of the molecule is CCOC(=O)[C@@H]1Cc2c([nH]c3ccccc23)C(C)=N1. The number of hydrogen-bond acceptors (Lipinski definition) is 3. The number of esters is 1. The minimum atomic E-state index is -0.411. The number of rotatable bonds is 2. The zero-order valence-electron chi connectivity index (χ0n) is 11.1. The lowest BCUT2D eigenvalue weighted by molar-refractivity contribution is -0.144. The van der Waals surface area contributed by atoms with Gasteiger partial charge in [-0.1, -0.05) is 18.2 Å². The number of hydrogen-bond donors (Lipinski definition) is 1. The number of H-pyrrole nitrogens is 1. The molecule has 0 radical (unpaired) electrons. The molecule has 0 fully saturated rings. The lowest BCUT2D eigenvalue weighted by Gasteiger charge is -2.18. The van der Waals surface area contributed by atoms with E-state index in [-0.39, 0.29) is 5.97 Å². The standard InChI is InChI=1S/C15H16N2O2/c1-3-19-15(18)13-8-11-10-6-4-5-7-12(10)17-14(11)9(2)16-13/h4-7,13,17H,3,8H2,1-2H3/t13-/m0/s1. The molecule has 2 aromatic rings. The maximum Gasteiger partial charge on any atom is 0.331 e. The molecule has 1 aliphatic heterocycles. The van der Waals surface area contributed by atoms with Gasteiger partial charge in [-0.05, 0) is 25.5 Å². The molecule has 98 valence electrons. The summed E-state index contributed by atoms with van der Waals surface area (Å²) in [5, 5.41) is 1.17. The summed E-state index contributed by atoms with van der Waals surface area (Å²) in [6, 6.07) is 7.72. The fraction of sp³-hybridized carbons (Fsp3) is 0.333. The molecule has 1 aromatic heterocycles. The number of aliphatic imine (C=N–C) groups is 1. The van der Waals surface area contributed by atoms with Crippen LogP contribution in [-0.4, -0.2) is 29.3 Å². The maximum atomic E-state index is 11.9. The zero-order valence-corrected chi connectivity index (χ0v) is 11.1. The predicted octanol–water partition coefficient (Wildman–Crippen LogP) is 2.46. The predicted molar refractivity (Wildman–Crippen MR) is 74.6 cm³/mol. The molecule has 1 N–H and O–H groups in total. The van der Waals surface area contributed by atoms with E-state index in [2.05, 4.69) is 16.0 Å². The molecule has 0 bridgehead atoms. The Morgan fingerprint density at radius 2 is 2.26 bits per heavy atom. The van der Waals surface area contributed by atoms with Gasteiger partial charge in [0.2, 0.25) is 0 Å². The summed E-state index contributed by atoms with van der Waals surface area (Å²) in [6.07, 6.45) is 0.607. The number of benzene rings is 1. The molecule has 4 heteroatoms. The Bertz CT molecular complexity index is 670. The summed E-state index contributed by atoms with van der Waals surface area (Å²) in [4.78, 5) is 19.7. The minimum absolute atomic E-state index is 0.238. The quantitative estimate of drug-likeness (QED) is 0.839. The van der Waals surface area contributed by atoms with Gasteiger partial charge >= 0.3 is 5.97 Å². The van der Waals surface area contributed by atoms with Gasteiger partial charge in [0, 0.05) is 17.3 Å². The molecule has 0 amide bonds. The second-order valence-electron chi connectivity index (χ2n) is 4.71. The van der Waals surface area contributed by atoms with Crippen molar-refractivity contribution >= 4 is 22.6 Å². The Labute approximate surface area is 111 Å². The van der Waals surface area contributed by atoms with Crippen LogP contribution in [0.4, 0.5) is 0 Å². The van der Waals surface area contributed by atoms with Gasteiger partial charge in [0.05, 0.1) is 18.0 Å². The topological polar surface area (TPSA) is 54.5 Å². The first-order chi connectivity index (χ1) is 9.20. The minimum Gasteiger partial charge on any atom is -0.464 e. The number of nitrogens with zero attached hydrogens (tertiary/aromatic N) is 1. The van der Waals surface area contributed by atoms with E-state index in [0.29, 0.717) is 13.0 Å². The van der Waals surface area contributed by atoms with Gasteiger partial charge in [0.25, 0.3) is 0 Å². The van der Waals surface area contributed by atoms with Crippen molar-refractivity contribution in [1.29, 1.82) is 0 Å². The molecule has 0 unspecified atom stereocenters. The van der Waals surface area contributed by atoms with E-state index < -0.39 is 6.04 Å². The molecule has 0 spiro atoms. The molecule has 3 rings (SSSR count). The van der Waals surface area contributed by atoms with Crippen molar-refractivity contribution in [1.82, 2.24) is 4.98 Å². The van der Waals surface area contributed by atoms with E-state index in [1.165, 1.54) is 10.9 Å². The molecule has 0 saturated carbocycles. The molecule has 4 nitrogen and oxygen atoms in total. The molecule has 1 atom stereocenters. The largest absolute Gasteiger partial charge is 0.464 e. The molecule has 1 aliphatic rings. The Kier molecular flexibility index (Phi) is 2.85. The Morgan fingerprint density at radius 1 is 1.47 bits per heavy atom. The highest BCUT2D eigenvalue weighted by Gasteiger charge is 2.28. The molecule has 0 saturated heterocycles. The molecule has 2 heterocycles. The summed E-state index contributed by atoms with van der Waals surface area (Å²) >= 11 is 0. The summed E-state index contributed by atoms with van der Waals surface area (Å²) in [7, 11) is 0. The third kappa shape index (κ3) is 1.93. The summed E-state index contributed by atoms with van der Waals surface area (Å²) < 4.78 is 5.08. The average Bonchev–Trinajstić information content (AvgIpc) is 2.78. The third-order valence-corrected chi connectivity index (χ3v) is 3.48. The number of aromatic amines is 1. The fourth-order valence-electron chi connectivity index (χ4n) is 2.63. The van der Waals surface area contributed by atoms with Gasteiger partial charge < -0.3 is 9.72 Å². The van der Waals surface area contributed by atoms with E-state index >= 15 is 0 Å². The number of para-hydroxylation sites is 1. The maximum absolute atomic E-state index is 11.9. The number of nitrogens with one attached hydrogen (secondary N) is 1. The number of carbonyl (C=O) groups excluding carboxylic acids is 1. The first kappa shape index (κ1) is 12.0. The first-order valence-electron chi connectivity index (χ1n) is 6.51. The third-order valence-electron chi connectivity index (χ3n) is 3.48. The number of aromatic nitrogens is 1. The summed E-state index contributed by atoms with van der Waals surface area (Å²) in [5.41, 5.74) is 4.17.